The number of aromatic nitrogens is 1. The first kappa shape index (κ1) is 14.0. The van der Waals surface area contributed by atoms with Crippen LogP contribution in [0.4, 0.5) is 0 Å². The number of hydrogen-bond acceptors (Lipinski definition) is 3. The van der Waals surface area contributed by atoms with Gasteiger partial charge in [-0.25, -0.2) is 0 Å². The Labute approximate surface area is 124 Å². The van der Waals surface area contributed by atoms with Gasteiger partial charge in [0, 0.05) is 18.9 Å². The van der Waals surface area contributed by atoms with Gasteiger partial charge in [-0.1, -0.05) is 19.9 Å². The summed E-state index contributed by atoms with van der Waals surface area (Å²) in [6, 6.07) is 3.07. The van der Waals surface area contributed by atoms with E-state index in [1.54, 1.807) is 17.3 Å². The van der Waals surface area contributed by atoms with Crippen LogP contribution >= 0.6 is 0 Å². The molecular formula is C16H21N3O2. The van der Waals surface area contributed by atoms with Crippen LogP contribution in [0.5, 0.6) is 0 Å². The number of hydrogen-bond donors (Lipinski definition) is 1. The van der Waals surface area contributed by atoms with Crippen molar-refractivity contribution in [2.24, 2.45) is 11.8 Å². The second-order valence-corrected chi connectivity index (χ2v) is 6.34. The Kier molecular flexibility index (Phi) is 3.66. The molecule has 1 aliphatic heterocycles. The zero-order valence-corrected chi connectivity index (χ0v) is 12.5. The summed E-state index contributed by atoms with van der Waals surface area (Å²) in [5.41, 5.74) is 0.959. The van der Waals surface area contributed by atoms with Gasteiger partial charge in [0.1, 0.15) is 12.1 Å². The summed E-state index contributed by atoms with van der Waals surface area (Å²) in [6.07, 6.45) is 5.53. The fourth-order valence-corrected chi connectivity index (χ4v) is 3.03. The molecule has 2 atom stereocenters. The molecule has 112 valence electrons. The lowest BCUT2D eigenvalue weighted by molar-refractivity contribution is -0.152. The van der Waals surface area contributed by atoms with E-state index in [0.717, 1.165) is 18.4 Å². The summed E-state index contributed by atoms with van der Waals surface area (Å²) in [5.74, 6) is 0.446. The number of piperazine rings is 1. The van der Waals surface area contributed by atoms with Gasteiger partial charge in [-0.05, 0) is 36.3 Å². The molecule has 2 heterocycles. The number of pyridine rings is 1. The number of carbonyl (C=O) groups excluding carboxylic acids is 2. The van der Waals surface area contributed by atoms with Crippen LogP contribution in [0, 0.1) is 11.8 Å². The zero-order chi connectivity index (χ0) is 15.0. The molecule has 0 radical (unpaired) electrons. The molecule has 1 aliphatic carbocycles. The molecule has 21 heavy (non-hydrogen) atoms. The highest BCUT2D eigenvalue weighted by molar-refractivity contribution is 5.97. The van der Waals surface area contributed by atoms with Gasteiger partial charge in [-0.3, -0.25) is 14.6 Å². The average Bonchev–Trinajstić information content (AvgIpc) is 3.27. The molecule has 2 fully saturated rings. The lowest BCUT2D eigenvalue weighted by Gasteiger charge is -2.41. The van der Waals surface area contributed by atoms with E-state index >= 15 is 0 Å². The Balaban J connectivity index is 1.86. The third-order valence-corrected chi connectivity index (χ3v) is 4.25. The largest absolute Gasteiger partial charge is 0.342 e. The van der Waals surface area contributed by atoms with Gasteiger partial charge in [-0.15, -0.1) is 0 Å². The average molecular weight is 287 g/mol. The highest BCUT2D eigenvalue weighted by atomic mass is 16.2. The van der Waals surface area contributed by atoms with Crippen LogP contribution in [0.3, 0.4) is 0 Å². The summed E-state index contributed by atoms with van der Waals surface area (Å²) in [5, 5.41) is 2.93. The standard InChI is InChI=1S/C16H21N3O2/c1-10(2)14-15(20)18-13(12-5-6-12)16(21)19(14)9-11-4-3-7-17-8-11/h3-4,7-8,10,12-14H,5-6,9H2,1-2H3,(H,18,20). The first-order valence-corrected chi connectivity index (χ1v) is 7.57. The number of nitrogens with zero attached hydrogens (tertiary/aromatic N) is 2. The molecule has 0 bridgehead atoms. The van der Waals surface area contributed by atoms with Crippen molar-refractivity contribution >= 4 is 11.8 Å². The molecule has 1 N–H and O–H groups in total. The summed E-state index contributed by atoms with van der Waals surface area (Å²) in [6.45, 7) is 4.41. The zero-order valence-electron chi connectivity index (χ0n) is 12.5. The molecule has 1 aromatic heterocycles. The van der Waals surface area contributed by atoms with Gasteiger partial charge in [0.2, 0.25) is 11.8 Å². The van der Waals surface area contributed by atoms with Crippen molar-refractivity contribution in [3.05, 3.63) is 30.1 Å². The third kappa shape index (κ3) is 2.77. The van der Waals surface area contributed by atoms with E-state index in [-0.39, 0.29) is 23.8 Å². The summed E-state index contributed by atoms with van der Waals surface area (Å²) in [4.78, 5) is 31.0. The molecule has 5 nitrogen and oxygen atoms in total. The highest BCUT2D eigenvalue weighted by Crippen LogP contribution is 2.36. The van der Waals surface area contributed by atoms with E-state index in [0.29, 0.717) is 12.5 Å². The van der Waals surface area contributed by atoms with Crippen molar-refractivity contribution in [3.63, 3.8) is 0 Å². The Hall–Kier alpha value is -1.91. The van der Waals surface area contributed by atoms with Gasteiger partial charge in [0.05, 0.1) is 0 Å². The van der Waals surface area contributed by atoms with Crippen LogP contribution in [0.1, 0.15) is 32.3 Å². The van der Waals surface area contributed by atoms with E-state index in [4.69, 9.17) is 0 Å². The SMILES string of the molecule is CC(C)C1C(=O)NC(C2CC2)C(=O)N1Cc1cccnc1. The molecule has 0 spiro atoms. The van der Waals surface area contributed by atoms with Crippen molar-refractivity contribution in [2.75, 3.05) is 0 Å². The first-order chi connectivity index (χ1) is 10.1. The highest BCUT2D eigenvalue weighted by Gasteiger charge is 2.47. The van der Waals surface area contributed by atoms with Crippen LogP contribution < -0.4 is 5.32 Å². The molecule has 2 amide bonds. The van der Waals surface area contributed by atoms with Gasteiger partial charge in [-0.2, -0.15) is 0 Å². The van der Waals surface area contributed by atoms with Gasteiger partial charge in [0.15, 0.2) is 0 Å². The maximum atomic E-state index is 12.8. The lowest BCUT2D eigenvalue weighted by Crippen LogP contribution is -2.65. The normalized spacial score (nSPS) is 26.1. The molecule has 2 unspecified atom stereocenters. The summed E-state index contributed by atoms with van der Waals surface area (Å²) >= 11 is 0. The third-order valence-electron chi connectivity index (χ3n) is 4.25. The molecule has 1 saturated carbocycles. The van der Waals surface area contributed by atoms with E-state index in [9.17, 15) is 9.59 Å². The first-order valence-electron chi connectivity index (χ1n) is 7.57. The Morgan fingerprint density at radius 1 is 1.38 bits per heavy atom. The van der Waals surface area contributed by atoms with E-state index in [1.165, 1.54) is 0 Å². The van der Waals surface area contributed by atoms with Crippen molar-refractivity contribution < 1.29 is 9.59 Å². The fraction of sp³-hybridized carbons (Fsp3) is 0.562. The fourth-order valence-electron chi connectivity index (χ4n) is 3.03. The molecule has 0 aromatic carbocycles. The number of carbonyl (C=O) groups is 2. The summed E-state index contributed by atoms with van der Waals surface area (Å²) in [7, 11) is 0. The Bertz CT molecular complexity index is 540. The molecule has 2 aliphatic rings. The van der Waals surface area contributed by atoms with Gasteiger partial charge < -0.3 is 10.2 Å². The quantitative estimate of drug-likeness (QED) is 0.909. The minimum absolute atomic E-state index is 0.0228. The molecular weight excluding hydrogens is 266 g/mol. The molecule has 1 aromatic rings. The molecule has 3 rings (SSSR count). The predicted octanol–water partition coefficient (Wildman–Crippen LogP) is 1.34. The number of amides is 2. The second kappa shape index (κ2) is 5.47. The van der Waals surface area contributed by atoms with Crippen LogP contribution in [0.25, 0.3) is 0 Å². The molecule has 1 saturated heterocycles. The topological polar surface area (TPSA) is 62.3 Å². The van der Waals surface area contributed by atoms with Crippen molar-refractivity contribution in [1.29, 1.82) is 0 Å². The van der Waals surface area contributed by atoms with E-state index in [1.807, 2.05) is 26.0 Å². The minimum atomic E-state index is -0.396. The second-order valence-electron chi connectivity index (χ2n) is 6.34. The van der Waals surface area contributed by atoms with Crippen molar-refractivity contribution in [3.8, 4) is 0 Å². The monoisotopic (exact) mass is 287 g/mol. The van der Waals surface area contributed by atoms with Crippen LogP contribution in [0.15, 0.2) is 24.5 Å². The van der Waals surface area contributed by atoms with Crippen molar-refractivity contribution in [1.82, 2.24) is 15.2 Å². The number of nitrogens with one attached hydrogen (secondary N) is 1. The van der Waals surface area contributed by atoms with Crippen LogP contribution in [-0.2, 0) is 16.1 Å². The van der Waals surface area contributed by atoms with Gasteiger partial charge >= 0.3 is 0 Å². The number of rotatable bonds is 4. The maximum absolute atomic E-state index is 12.8. The van der Waals surface area contributed by atoms with Gasteiger partial charge in [0.25, 0.3) is 0 Å². The van der Waals surface area contributed by atoms with Crippen molar-refractivity contribution in [2.45, 2.75) is 45.3 Å². The lowest BCUT2D eigenvalue weighted by atomic mass is 9.95. The van der Waals surface area contributed by atoms with E-state index in [2.05, 4.69) is 10.3 Å². The van der Waals surface area contributed by atoms with Crippen LogP contribution in [-0.4, -0.2) is 33.8 Å². The Morgan fingerprint density at radius 3 is 2.71 bits per heavy atom. The minimum Gasteiger partial charge on any atom is -0.342 e. The molecule has 5 heteroatoms. The predicted molar refractivity (Wildman–Crippen MR) is 78.1 cm³/mol. The van der Waals surface area contributed by atoms with E-state index < -0.39 is 6.04 Å². The van der Waals surface area contributed by atoms with Crippen LogP contribution in [0.2, 0.25) is 0 Å². The Morgan fingerprint density at radius 2 is 2.14 bits per heavy atom. The smallest absolute Gasteiger partial charge is 0.246 e. The summed E-state index contributed by atoms with van der Waals surface area (Å²) < 4.78 is 0. The maximum Gasteiger partial charge on any atom is 0.246 e.